The highest BCUT2D eigenvalue weighted by atomic mass is 79.9. The second-order valence-electron chi connectivity index (χ2n) is 4.67. The molecule has 0 fully saturated rings. The van der Waals surface area contributed by atoms with Gasteiger partial charge in [0, 0.05) is 9.50 Å². The molecular weight excluding hydrogens is 370 g/mol. The lowest BCUT2D eigenvalue weighted by Gasteiger charge is -2.18. The highest BCUT2D eigenvalue weighted by molar-refractivity contribution is 9.10. The summed E-state index contributed by atoms with van der Waals surface area (Å²) in [4.78, 5) is 11.0. The molecule has 0 bridgehead atoms. The summed E-state index contributed by atoms with van der Waals surface area (Å²) in [6, 6.07) is 3.60. The van der Waals surface area contributed by atoms with E-state index in [1.807, 2.05) is 0 Å². The molecule has 1 unspecified atom stereocenters. The lowest BCUT2D eigenvalue weighted by atomic mass is 10.1. The maximum atomic E-state index is 12.0. The molecule has 0 aliphatic carbocycles. The molecule has 1 aromatic rings. The average Bonchev–Trinajstić information content (AvgIpc) is 2.29. The Morgan fingerprint density at radius 1 is 1.45 bits per heavy atom. The molecule has 1 atom stereocenters. The van der Waals surface area contributed by atoms with E-state index < -0.39 is 22.0 Å². The van der Waals surface area contributed by atoms with Gasteiger partial charge < -0.3 is 5.11 Å². The van der Waals surface area contributed by atoms with E-state index in [2.05, 4.69) is 20.7 Å². The lowest BCUT2D eigenvalue weighted by Crippen LogP contribution is -2.44. The van der Waals surface area contributed by atoms with Crippen molar-refractivity contribution in [1.29, 1.82) is 0 Å². The van der Waals surface area contributed by atoms with Crippen molar-refractivity contribution in [3.8, 4) is 0 Å². The summed E-state index contributed by atoms with van der Waals surface area (Å²) < 4.78 is 26.8. The van der Waals surface area contributed by atoms with Crippen molar-refractivity contribution in [2.45, 2.75) is 25.6 Å². The number of carbonyl (C=O) groups is 1. The van der Waals surface area contributed by atoms with Gasteiger partial charge in [-0.2, -0.15) is 0 Å². The van der Waals surface area contributed by atoms with Gasteiger partial charge in [-0.1, -0.05) is 47.4 Å². The van der Waals surface area contributed by atoms with Gasteiger partial charge in [-0.15, -0.1) is 0 Å². The van der Waals surface area contributed by atoms with Crippen molar-refractivity contribution >= 4 is 43.5 Å². The van der Waals surface area contributed by atoms with Crippen LogP contribution < -0.4 is 4.72 Å². The van der Waals surface area contributed by atoms with Gasteiger partial charge in [-0.25, -0.2) is 13.1 Å². The molecule has 0 spiro atoms. The molecular formula is C12H15BrClNO4S. The van der Waals surface area contributed by atoms with Crippen LogP contribution >= 0.6 is 27.5 Å². The predicted molar refractivity (Wildman–Crippen MR) is 81.2 cm³/mol. The molecule has 8 heteroatoms. The molecule has 0 amide bonds. The minimum atomic E-state index is -3.76. The average molecular weight is 385 g/mol. The van der Waals surface area contributed by atoms with E-state index in [0.717, 1.165) is 0 Å². The summed E-state index contributed by atoms with van der Waals surface area (Å²) in [5.74, 6) is -1.86. The van der Waals surface area contributed by atoms with Gasteiger partial charge in [0.1, 0.15) is 6.04 Å². The maximum absolute atomic E-state index is 12.0. The highest BCUT2D eigenvalue weighted by Gasteiger charge is 2.27. The summed E-state index contributed by atoms with van der Waals surface area (Å²) in [5, 5.41) is 9.49. The normalized spacial score (nSPS) is 13.4. The molecule has 0 heterocycles. The Hall–Kier alpha value is -0.630. The van der Waals surface area contributed by atoms with Crippen LogP contribution in [0.3, 0.4) is 0 Å². The monoisotopic (exact) mass is 383 g/mol. The third-order valence-electron chi connectivity index (χ3n) is 2.60. The van der Waals surface area contributed by atoms with Crippen LogP contribution in [0.5, 0.6) is 0 Å². The zero-order chi connectivity index (χ0) is 15.5. The first-order valence-corrected chi connectivity index (χ1v) is 8.61. The quantitative estimate of drug-likeness (QED) is 0.790. The Morgan fingerprint density at radius 2 is 2.05 bits per heavy atom. The largest absolute Gasteiger partial charge is 0.480 e. The summed E-state index contributed by atoms with van der Waals surface area (Å²) in [7, 11) is -3.76. The number of carboxylic acids is 1. The molecule has 0 radical (unpaired) electrons. The Balaban J connectivity index is 2.92. The van der Waals surface area contributed by atoms with E-state index in [-0.39, 0.29) is 11.7 Å². The topological polar surface area (TPSA) is 83.5 Å². The van der Waals surface area contributed by atoms with Crippen LogP contribution in [0.4, 0.5) is 0 Å². The standard InChI is InChI=1S/C12H15BrClNO4S/c1-7(2)11(12(16)17)15-20(18,19)6-8-3-4-9(14)5-10(8)13/h3-5,7,11,15H,6H2,1-2H3,(H,16,17). The number of sulfonamides is 1. The zero-order valence-corrected chi connectivity index (χ0v) is 14.1. The van der Waals surface area contributed by atoms with Gasteiger partial charge in [0.2, 0.25) is 10.0 Å². The van der Waals surface area contributed by atoms with Gasteiger partial charge in [-0.3, -0.25) is 4.79 Å². The lowest BCUT2D eigenvalue weighted by molar-refractivity contribution is -0.140. The van der Waals surface area contributed by atoms with Crippen molar-refractivity contribution < 1.29 is 18.3 Å². The number of hydrogen-bond acceptors (Lipinski definition) is 3. The highest BCUT2D eigenvalue weighted by Crippen LogP contribution is 2.23. The summed E-state index contributed by atoms with van der Waals surface area (Å²) in [6.45, 7) is 3.28. The van der Waals surface area contributed by atoms with Crippen LogP contribution in [0.2, 0.25) is 5.02 Å². The van der Waals surface area contributed by atoms with E-state index in [0.29, 0.717) is 15.1 Å². The number of benzene rings is 1. The van der Waals surface area contributed by atoms with Crippen LogP contribution in [-0.2, 0) is 20.6 Å². The number of nitrogens with one attached hydrogen (secondary N) is 1. The fourth-order valence-electron chi connectivity index (χ4n) is 1.55. The van der Waals surface area contributed by atoms with Crippen LogP contribution in [-0.4, -0.2) is 25.5 Å². The molecule has 2 N–H and O–H groups in total. The smallest absolute Gasteiger partial charge is 0.321 e. The van der Waals surface area contributed by atoms with Gasteiger partial charge in [0.05, 0.1) is 5.75 Å². The Morgan fingerprint density at radius 3 is 2.50 bits per heavy atom. The second kappa shape index (κ2) is 6.89. The third-order valence-corrected chi connectivity index (χ3v) is 4.88. The fraction of sp³-hybridized carbons (Fsp3) is 0.417. The predicted octanol–water partition coefficient (Wildman–Crippen LogP) is 2.63. The van der Waals surface area contributed by atoms with Crippen molar-refractivity contribution in [3.63, 3.8) is 0 Å². The van der Waals surface area contributed by atoms with Crippen LogP contribution in [0, 0.1) is 5.92 Å². The van der Waals surface area contributed by atoms with Gasteiger partial charge in [0.25, 0.3) is 0 Å². The summed E-state index contributed by atoms with van der Waals surface area (Å²) in [6.07, 6.45) is 0. The van der Waals surface area contributed by atoms with Gasteiger partial charge in [-0.05, 0) is 23.6 Å². The zero-order valence-electron chi connectivity index (χ0n) is 10.9. The van der Waals surface area contributed by atoms with Gasteiger partial charge >= 0.3 is 5.97 Å². The van der Waals surface area contributed by atoms with Crippen LogP contribution in [0.25, 0.3) is 0 Å². The molecule has 5 nitrogen and oxygen atoms in total. The third kappa shape index (κ3) is 5.05. The Kier molecular flexibility index (Phi) is 6.00. The molecule has 0 saturated heterocycles. The van der Waals surface area contributed by atoms with E-state index >= 15 is 0 Å². The number of aliphatic carboxylic acids is 1. The first kappa shape index (κ1) is 17.4. The molecule has 1 rings (SSSR count). The van der Waals surface area contributed by atoms with E-state index in [1.54, 1.807) is 32.0 Å². The van der Waals surface area contributed by atoms with Crippen molar-refractivity contribution in [3.05, 3.63) is 33.3 Å². The van der Waals surface area contributed by atoms with Crippen LogP contribution in [0.15, 0.2) is 22.7 Å². The summed E-state index contributed by atoms with van der Waals surface area (Å²) >= 11 is 9.01. The first-order chi connectivity index (χ1) is 9.12. The Labute approximate surface area is 131 Å². The molecule has 1 aromatic carbocycles. The molecule has 0 aliphatic rings. The number of rotatable bonds is 6. The second-order valence-corrected chi connectivity index (χ2v) is 7.72. The minimum absolute atomic E-state index is 0.318. The van der Waals surface area contributed by atoms with E-state index in [9.17, 15) is 13.2 Å². The van der Waals surface area contributed by atoms with E-state index in [4.69, 9.17) is 16.7 Å². The SMILES string of the molecule is CC(C)C(NS(=O)(=O)Cc1ccc(Cl)cc1Br)C(=O)O. The van der Waals surface area contributed by atoms with Crippen molar-refractivity contribution in [1.82, 2.24) is 4.72 Å². The van der Waals surface area contributed by atoms with Crippen molar-refractivity contribution in [2.75, 3.05) is 0 Å². The molecule has 0 aliphatic heterocycles. The first-order valence-electron chi connectivity index (χ1n) is 5.79. The van der Waals surface area contributed by atoms with E-state index in [1.165, 1.54) is 0 Å². The van der Waals surface area contributed by atoms with Crippen LogP contribution in [0.1, 0.15) is 19.4 Å². The fourth-order valence-corrected chi connectivity index (χ4v) is 4.06. The number of halogens is 2. The number of carboxylic acid groups (broad SMARTS) is 1. The molecule has 0 aromatic heterocycles. The molecule has 112 valence electrons. The maximum Gasteiger partial charge on any atom is 0.321 e. The van der Waals surface area contributed by atoms with Gasteiger partial charge in [0.15, 0.2) is 0 Å². The van der Waals surface area contributed by atoms with Crippen molar-refractivity contribution in [2.24, 2.45) is 5.92 Å². The molecule has 20 heavy (non-hydrogen) atoms. The summed E-state index contributed by atoms with van der Waals surface area (Å²) in [5.41, 5.74) is 0.509. The number of hydrogen-bond donors (Lipinski definition) is 2. The minimum Gasteiger partial charge on any atom is -0.480 e. The molecule has 0 saturated carbocycles. The Bertz CT molecular complexity index is 603.